The van der Waals surface area contributed by atoms with Crippen LogP contribution in [0.4, 0.5) is 0 Å². The second-order valence-corrected chi connectivity index (χ2v) is 2.74. The Kier molecular flexibility index (Phi) is 1.98. The van der Waals surface area contributed by atoms with Gasteiger partial charge in [0, 0.05) is 12.3 Å². The van der Waals surface area contributed by atoms with Gasteiger partial charge in [0.15, 0.2) is 0 Å². The van der Waals surface area contributed by atoms with Gasteiger partial charge in [-0.25, -0.2) is 4.79 Å². The van der Waals surface area contributed by atoms with Crippen molar-refractivity contribution in [3.8, 4) is 0 Å². The molecule has 14 heavy (non-hydrogen) atoms. The Morgan fingerprint density at radius 3 is 3.14 bits per heavy atom. The highest BCUT2D eigenvalue weighted by Gasteiger charge is 1.96. The number of H-pyrrole nitrogens is 1. The van der Waals surface area contributed by atoms with E-state index < -0.39 is 5.97 Å². The van der Waals surface area contributed by atoms with E-state index in [9.17, 15) is 4.79 Å². The summed E-state index contributed by atoms with van der Waals surface area (Å²) < 4.78 is 0. The largest absolute Gasteiger partial charge is 0.478 e. The summed E-state index contributed by atoms with van der Waals surface area (Å²) in [6.45, 7) is 0. The summed E-state index contributed by atoms with van der Waals surface area (Å²) in [4.78, 5) is 14.3. The average Bonchev–Trinajstić information content (AvgIpc) is 2.61. The summed E-state index contributed by atoms with van der Waals surface area (Å²) in [5, 5.41) is 15.0. The van der Waals surface area contributed by atoms with Gasteiger partial charge >= 0.3 is 5.97 Å². The van der Waals surface area contributed by atoms with Gasteiger partial charge in [-0.3, -0.25) is 10.1 Å². The lowest BCUT2D eigenvalue weighted by Gasteiger charge is -1.91. The first-order valence-corrected chi connectivity index (χ1v) is 3.96. The fourth-order valence-electron chi connectivity index (χ4n) is 1.11. The van der Waals surface area contributed by atoms with E-state index in [1.54, 1.807) is 18.5 Å². The number of aromatic nitrogens is 3. The van der Waals surface area contributed by atoms with Gasteiger partial charge in [-0.2, -0.15) is 5.10 Å². The number of hydrogen-bond donors (Lipinski definition) is 2. The van der Waals surface area contributed by atoms with Crippen molar-refractivity contribution in [2.24, 2.45) is 0 Å². The van der Waals surface area contributed by atoms with Crippen molar-refractivity contribution in [1.29, 1.82) is 0 Å². The van der Waals surface area contributed by atoms with Crippen LogP contribution in [0.5, 0.6) is 0 Å². The number of nitrogens with zero attached hydrogens (tertiary/aromatic N) is 2. The summed E-state index contributed by atoms with van der Waals surface area (Å²) in [5.41, 5.74) is 2.28. The zero-order valence-electron chi connectivity index (χ0n) is 7.14. The van der Waals surface area contributed by atoms with Crippen LogP contribution in [0.25, 0.3) is 17.1 Å². The first kappa shape index (κ1) is 8.43. The molecule has 0 aliphatic heterocycles. The van der Waals surface area contributed by atoms with E-state index in [2.05, 4.69) is 15.2 Å². The van der Waals surface area contributed by atoms with Crippen LogP contribution in [-0.4, -0.2) is 26.3 Å². The quantitative estimate of drug-likeness (QED) is 0.692. The summed E-state index contributed by atoms with van der Waals surface area (Å²) in [6.07, 6.45) is 5.76. The maximum Gasteiger partial charge on any atom is 0.328 e. The van der Waals surface area contributed by atoms with Crippen LogP contribution < -0.4 is 0 Å². The third-order valence-corrected chi connectivity index (χ3v) is 1.73. The fourth-order valence-corrected chi connectivity index (χ4v) is 1.11. The smallest absolute Gasteiger partial charge is 0.328 e. The molecule has 0 aromatic carbocycles. The zero-order valence-corrected chi connectivity index (χ0v) is 7.14. The lowest BCUT2D eigenvalue weighted by molar-refractivity contribution is -0.131. The predicted octanol–water partition coefficient (Wildman–Crippen LogP) is 1.06. The van der Waals surface area contributed by atoms with E-state index in [1.807, 2.05) is 0 Å². The topological polar surface area (TPSA) is 78.9 Å². The molecule has 0 spiro atoms. The lowest BCUT2D eigenvalue weighted by atomic mass is 10.2. The highest BCUT2D eigenvalue weighted by Crippen LogP contribution is 2.10. The van der Waals surface area contributed by atoms with Crippen LogP contribution in [0.3, 0.4) is 0 Å². The molecule has 0 aliphatic rings. The van der Waals surface area contributed by atoms with Gasteiger partial charge in [0.25, 0.3) is 0 Å². The number of carboxylic acids is 1. The van der Waals surface area contributed by atoms with Crippen LogP contribution in [-0.2, 0) is 4.79 Å². The van der Waals surface area contributed by atoms with Crippen LogP contribution in [0, 0.1) is 0 Å². The molecule has 0 amide bonds. The molecule has 2 rings (SSSR count). The monoisotopic (exact) mass is 189 g/mol. The second-order valence-electron chi connectivity index (χ2n) is 2.74. The van der Waals surface area contributed by atoms with Crippen molar-refractivity contribution in [1.82, 2.24) is 15.2 Å². The molecule has 5 heteroatoms. The molecular formula is C9H7N3O2. The average molecular weight is 189 g/mol. The molecule has 2 N–H and O–H groups in total. The lowest BCUT2D eigenvalue weighted by Crippen LogP contribution is -1.86. The van der Waals surface area contributed by atoms with Crippen LogP contribution >= 0.6 is 0 Å². The van der Waals surface area contributed by atoms with Gasteiger partial charge in [-0.1, -0.05) is 0 Å². The van der Waals surface area contributed by atoms with Crippen molar-refractivity contribution in [3.05, 3.63) is 30.1 Å². The summed E-state index contributed by atoms with van der Waals surface area (Å²) in [6, 6.07) is 1.79. The molecule has 2 heterocycles. The maximum atomic E-state index is 10.3. The number of pyridine rings is 1. The van der Waals surface area contributed by atoms with E-state index in [1.165, 1.54) is 6.08 Å². The SMILES string of the molecule is O=C(O)C=Cc1cnc2cn[nH]c2c1. The summed E-state index contributed by atoms with van der Waals surface area (Å²) in [5.74, 6) is -0.977. The van der Waals surface area contributed by atoms with Crippen LogP contribution in [0.2, 0.25) is 0 Å². The maximum absolute atomic E-state index is 10.3. The Labute approximate surface area is 79.1 Å². The van der Waals surface area contributed by atoms with E-state index in [-0.39, 0.29) is 0 Å². The minimum atomic E-state index is -0.977. The van der Waals surface area contributed by atoms with Crippen molar-refractivity contribution in [2.75, 3.05) is 0 Å². The summed E-state index contributed by atoms with van der Waals surface area (Å²) >= 11 is 0. The third-order valence-electron chi connectivity index (χ3n) is 1.73. The molecule has 0 atom stereocenters. The van der Waals surface area contributed by atoms with Crippen molar-refractivity contribution < 1.29 is 9.90 Å². The molecular weight excluding hydrogens is 182 g/mol. The molecule has 0 saturated carbocycles. The number of fused-ring (bicyclic) bond motifs is 1. The highest BCUT2D eigenvalue weighted by atomic mass is 16.4. The molecule has 5 nitrogen and oxygen atoms in total. The molecule has 0 radical (unpaired) electrons. The number of aromatic amines is 1. The van der Waals surface area contributed by atoms with E-state index >= 15 is 0 Å². The standard InChI is InChI=1S/C9H7N3O2/c13-9(14)2-1-6-3-7-8(10-4-6)5-11-12-7/h1-5H,(H,11,12)(H,13,14). The third kappa shape index (κ3) is 1.61. The molecule has 0 bridgehead atoms. The Morgan fingerprint density at radius 2 is 2.36 bits per heavy atom. The zero-order chi connectivity index (χ0) is 9.97. The Morgan fingerprint density at radius 1 is 1.50 bits per heavy atom. The predicted molar refractivity (Wildman–Crippen MR) is 50.6 cm³/mol. The number of rotatable bonds is 2. The van der Waals surface area contributed by atoms with Gasteiger partial charge in [0.05, 0.1) is 11.7 Å². The highest BCUT2D eigenvalue weighted by molar-refractivity contribution is 5.86. The normalized spacial score (nSPS) is 11.1. The first-order valence-electron chi connectivity index (χ1n) is 3.96. The Hall–Kier alpha value is -2.17. The van der Waals surface area contributed by atoms with Gasteiger partial charge in [-0.05, 0) is 17.7 Å². The summed E-state index contributed by atoms with van der Waals surface area (Å²) in [7, 11) is 0. The van der Waals surface area contributed by atoms with E-state index in [0.29, 0.717) is 0 Å². The van der Waals surface area contributed by atoms with Gasteiger partial charge in [-0.15, -0.1) is 0 Å². The van der Waals surface area contributed by atoms with Gasteiger partial charge in [0.2, 0.25) is 0 Å². The molecule has 0 fully saturated rings. The number of carboxylic acid groups (broad SMARTS) is 1. The molecule has 0 saturated heterocycles. The van der Waals surface area contributed by atoms with Crippen molar-refractivity contribution in [2.45, 2.75) is 0 Å². The minimum Gasteiger partial charge on any atom is -0.478 e. The molecule has 2 aromatic heterocycles. The van der Waals surface area contributed by atoms with Crippen molar-refractivity contribution >= 4 is 23.1 Å². The minimum absolute atomic E-state index is 0.726. The number of hydrogen-bond acceptors (Lipinski definition) is 3. The van der Waals surface area contributed by atoms with E-state index in [0.717, 1.165) is 22.7 Å². The van der Waals surface area contributed by atoms with Gasteiger partial charge < -0.3 is 5.11 Å². The number of carbonyl (C=O) groups is 1. The Bertz CT molecular complexity index is 501. The van der Waals surface area contributed by atoms with Crippen molar-refractivity contribution in [3.63, 3.8) is 0 Å². The number of nitrogens with one attached hydrogen (secondary N) is 1. The van der Waals surface area contributed by atoms with Crippen LogP contribution in [0.1, 0.15) is 5.56 Å². The molecule has 2 aromatic rings. The van der Waals surface area contributed by atoms with Gasteiger partial charge in [0.1, 0.15) is 5.52 Å². The molecule has 0 unspecified atom stereocenters. The van der Waals surface area contributed by atoms with E-state index in [4.69, 9.17) is 5.11 Å². The Balaban J connectivity index is 2.39. The number of aliphatic carboxylic acids is 1. The molecule has 70 valence electrons. The molecule has 0 aliphatic carbocycles. The van der Waals surface area contributed by atoms with Crippen LogP contribution in [0.15, 0.2) is 24.5 Å². The fraction of sp³-hybridized carbons (Fsp3) is 0. The first-order chi connectivity index (χ1) is 6.75. The second kappa shape index (κ2) is 3.29.